The smallest absolute Gasteiger partial charge is 0.133 e. The van der Waals surface area contributed by atoms with Crippen molar-refractivity contribution in [2.45, 2.75) is 19.3 Å². The van der Waals surface area contributed by atoms with Crippen LogP contribution in [0.3, 0.4) is 0 Å². The van der Waals surface area contributed by atoms with Gasteiger partial charge in [0, 0.05) is 17.7 Å². The van der Waals surface area contributed by atoms with Gasteiger partial charge in [-0.3, -0.25) is 0 Å². The summed E-state index contributed by atoms with van der Waals surface area (Å²) >= 11 is 0. The molecule has 1 N–H and O–H groups in total. The fourth-order valence-electron chi connectivity index (χ4n) is 3.92. The van der Waals surface area contributed by atoms with Crippen LogP contribution in [0.5, 0.6) is 0 Å². The molecule has 0 aliphatic carbocycles. The van der Waals surface area contributed by atoms with Gasteiger partial charge in [-0.15, -0.1) is 0 Å². The number of benzene rings is 3. The third-order valence-electron chi connectivity index (χ3n) is 5.25. The van der Waals surface area contributed by atoms with E-state index in [0.29, 0.717) is 0 Å². The van der Waals surface area contributed by atoms with Gasteiger partial charge in [0.05, 0.1) is 11.4 Å². The minimum atomic E-state index is -0.237. The highest BCUT2D eigenvalue weighted by Gasteiger charge is 2.22. The number of anilines is 1. The van der Waals surface area contributed by atoms with Crippen LogP contribution in [-0.4, -0.2) is 16.3 Å². The van der Waals surface area contributed by atoms with Crippen molar-refractivity contribution in [3.8, 4) is 16.9 Å². The van der Waals surface area contributed by atoms with Crippen LogP contribution in [-0.2, 0) is 6.42 Å². The van der Waals surface area contributed by atoms with Crippen LogP contribution in [0.25, 0.3) is 27.7 Å². The van der Waals surface area contributed by atoms with Crippen molar-refractivity contribution in [3.05, 3.63) is 78.1 Å². The molecule has 1 aromatic heterocycles. The largest absolute Gasteiger partial charge is 0.370 e. The maximum Gasteiger partial charge on any atom is 0.133 e. The molecule has 5 rings (SSSR count). The van der Waals surface area contributed by atoms with Gasteiger partial charge < -0.3 is 5.32 Å². The molecule has 27 heavy (non-hydrogen) atoms. The molecule has 3 nitrogen and oxygen atoms in total. The van der Waals surface area contributed by atoms with Crippen molar-refractivity contribution >= 4 is 16.6 Å². The molecule has 0 spiro atoms. The van der Waals surface area contributed by atoms with Gasteiger partial charge >= 0.3 is 0 Å². The van der Waals surface area contributed by atoms with E-state index < -0.39 is 0 Å². The maximum absolute atomic E-state index is 13.4. The number of nitrogens with zero attached hydrogens (tertiary/aromatic N) is 2. The summed E-state index contributed by atoms with van der Waals surface area (Å²) in [5.74, 6) is 0.793. The zero-order valence-corrected chi connectivity index (χ0v) is 15.0. The molecule has 0 atom stereocenters. The molecule has 0 saturated carbocycles. The van der Waals surface area contributed by atoms with Crippen LogP contribution in [0, 0.1) is 5.82 Å². The van der Waals surface area contributed by atoms with Crippen LogP contribution >= 0.6 is 0 Å². The maximum atomic E-state index is 13.4. The van der Waals surface area contributed by atoms with Crippen molar-refractivity contribution in [2.75, 3.05) is 11.9 Å². The number of aromatic nitrogens is 2. The second kappa shape index (κ2) is 6.54. The molecule has 0 bridgehead atoms. The number of rotatable bonds is 2. The molecular formula is C23H20FN3. The fourth-order valence-corrected chi connectivity index (χ4v) is 3.92. The van der Waals surface area contributed by atoms with Gasteiger partial charge in [0.2, 0.25) is 0 Å². The lowest BCUT2D eigenvalue weighted by Gasteiger charge is -2.09. The zero-order chi connectivity index (χ0) is 18.2. The summed E-state index contributed by atoms with van der Waals surface area (Å²) in [7, 11) is 0. The van der Waals surface area contributed by atoms with Gasteiger partial charge in [-0.2, -0.15) is 5.10 Å². The minimum absolute atomic E-state index is 0.237. The summed E-state index contributed by atoms with van der Waals surface area (Å²) in [5, 5.41) is 11.0. The Labute approximate surface area is 157 Å². The van der Waals surface area contributed by atoms with E-state index in [1.807, 2.05) is 4.68 Å². The lowest BCUT2D eigenvalue weighted by Crippen LogP contribution is -2.07. The highest BCUT2D eigenvalue weighted by molar-refractivity contribution is 5.97. The summed E-state index contributed by atoms with van der Waals surface area (Å²) < 4.78 is 15.3. The highest BCUT2D eigenvalue weighted by atomic mass is 19.1. The molecule has 3 aromatic carbocycles. The minimum Gasteiger partial charge on any atom is -0.370 e. The SMILES string of the molecule is Fc1ccc(-n2nc(-c3cccc4ccccc34)c3c2NCCCC3)cc1. The van der Waals surface area contributed by atoms with Gasteiger partial charge in [0.25, 0.3) is 0 Å². The Balaban J connectivity index is 1.76. The Kier molecular flexibility index (Phi) is 3.89. The Morgan fingerprint density at radius 2 is 1.70 bits per heavy atom. The average Bonchev–Trinajstić information content (AvgIpc) is 2.89. The summed E-state index contributed by atoms with van der Waals surface area (Å²) in [5.41, 5.74) is 4.27. The average molecular weight is 357 g/mol. The van der Waals surface area contributed by atoms with E-state index in [9.17, 15) is 4.39 Å². The Hall–Kier alpha value is -3.14. The lowest BCUT2D eigenvalue weighted by molar-refractivity contribution is 0.627. The summed E-state index contributed by atoms with van der Waals surface area (Å²) in [6, 6.07) is 21.3. The molecule has 0 saturated heterocycles. The zero-order valence-electron chi connectivity index (χ0n) is 15.0. The van der Waals surface area contributed by atoms with Gasteiger partial charge in [-0.05, 0) is 54.3 Å². The van der Waals surface area contributed by atoms with Crippen LogP contribution in [0.2, 0.25) is 0 Å². The summed E-state index contributed by atoms with van der Waals surface area (Å²) in [6.07, 6.45) is 3.25. The van der Waals surface area contributed by atoms with Gasteiger partial charge in [-0.25, -0.2) is 9.07 Å². The predicted molar refractivity (Wildman–Crippen MR) is 108 cm³/mol. The van der Waals surface area contributed by atoms with Crippen molar-refractivity contribution in [2.24, 2.45) is 0 Å². The number of hydrogen-bond donors (Lipinski definition) is 1. The molecule has 4 aromatic rings. The third-order valence-corrected chi connectivity index (χ3v) is 5.25. The van der Waals surface area contributed by atoms with E-state index in [2.05, 4.69) is 47.8 Å². The second-order valence-corrected chi connectivity index (χ2v) is 6.97. The molecule has 0 amide bonds. The first kappa shape index (κ1) is 16.1. The van der Waals surface area contributed by atoms with E-state index in [1.54, 1.807) is 12.1 Å². The first-order valence-corrected chi connectivity index (χ1v) is 9.41. The molecule has 1 aliphatic rings. The number of nitrogens with one attached hydrogen (secondary N) is 1. The van der Waals surface area contributed by atoms with Gasteiger partial charge in [-0.1, -0.05) is 42.5 Å². The first-order valence-electron chi connectivity index (χ1n) is 9.41. The van der Waals surface area contributed by atoms with Crippen molar-refractivity contribution < 1.29 is 4.39 Å². The van der Waals surface area contributed by atoms with Gasteiger partial charge in [0.1, 0.15) is 11.6 Å². The van der Waals surface area contributed by atoms with Crippen LogP contribution < -0.4 is 5.32 Å². The quantitative estimate of drug-likeness (QED) is 0.507. The molecule has 0 fully saturated rings. The highest BCUT2D eigenvalue weighted by Crippen LogP contribution is 2.37. The molecule has 4 heteroatoms. The number of halogens is 1. The molecule has 0 unspecified atom stereocenters. The second-order valence-electron chi connectivity index (χ2n) is 6.97. The number of hydrogen-bond acceptors (Lipinski definition) is 2. The van der Waals surface area contributed by atoms with Crippen molar-refractivity contribution in [3.63, 3.8) is 0 Å². The first-order chi connectivity index (χ1) is 13.3. The normalized spacial score (nSPS) is 13.8. The van der Waals surface area contributed by atoms with E-state index >= 15 is 0 Å². The predicted octanol–water partition coefficient (Wildman–Crippen LogP) is 5.58. The number of fused-ring (bicyclic) bond motifs is 2. The topological polar surface area (TPSA) is 29.9 Å². The van der Waals surface area contributed by atoms with E-state index in [1.165, 1.54) is 28.5 Å². The molecule has 0 radical (unpaired) electrons. The Bertz CT molecular complexity index is 1110. The Morgan fingerprint density at radius 1 is 0.889 bits per heavy atom. The van der Waals surface area contributed by atoms with Crippen LogP contribution in [0.4, 0.5) is 10.2 Å². The monoisotopic (exact) mass is 357 g/mol. The van der Waals surface area contributed by atoms with E-state index in [-0.39, 0.29) is 5.82 Å². The fraction of sp³-hybridized carbons (Fsp3) is 0.174. The van der Waals surface area contributed by atoms with Crippen molar-refractivity contribution in [1.82, 2.24) is 9.78 Å². The van der Waals surface area contributed by atoms with Crippen LogP contribution in [0.15, 0.2) is 66.7 Å². The van der Waals surface area contributed by atoms with E-state index in [4.69, 9.17) is 5.10 Å². The van der Waals surface area contributed by atoms with Crippen molar-refractivity contribution in [1.29, 1.82) is 0 Å². The standard InChI is InChI=1S/C23H20FN3/c24-17-11-13-18(14-12-17)27-23-21(9-3-4-15-25-23)22(26-27)20-10-5-7-16-6-1-2-8-19(16)20/h1-2,5-8,10-14,25H,3-4,9,15H2. The molecule has 1 aliphatic heterocycles. The molecule has 134 valence electrons. The van der Waals surface area contributed by atoms with Gasteiger partial charge in [0.15, 0.2) is 0 Å². The molecular weight excluding hydrogens is 337 g/mol. The summed E-state index contributed by atoms with van der Waals surface area (Å²) in [4.78, 5) is 0. The molecule has 2 heterocycles. The third kappa shape index (κ3) is 2.78. The summed E-state index contributed by atoms with van der Waals surface area (Å²) in [6.45, 7) is 0.925. The van der Waals surface area contributed by atoms with E-state index in [0.717, 1.165) is 48.6 Å². The Morgan fingerprint density at radius 3 is 2.59 bits per heavy atom. The van der Waals surface area contributed by atoms with Crippen LogP contribution in [0.1, 0.15) is 18.4 Å². The lowest BCUT2D eigenvalue weighted by atomic mass is 9.98.